The van der Waals surface area contributed by atoms with Crippen LogP contribution in [0.2, 0.25) is 0 Å². The molecule has 2 aromatic carbocycles. The van der Waals surface area contributed by atoms with Crippen LogP contribution in [-0.2, 0) is 17.9 Å². The second-order valence-corrected chi connectivity index (χ2v) is 7.43. The Morgan fingerprint density at radius 1 is 1.12 bits per heavy atom. The monoisotopic (exact) mass is 477 g/mol. The zero-order chi connectivity index (χ0) is 18.4. The number of amides is 1. The lowest BCUT2D eigenvalue weighted by Gasteiger charge is -2.10. The summed E-state index contributed by atoms with van der Waals surface area (Å²) >= 11 is 6.79. The molecular formula is C19H17Br2N3O2. The molecular weight excluding hydrogens is 462 g/mol. The van der Waals surface area contributed by atoms with Crippen LogP contribution in [0.25, 0.3) is 0 Å². The van der Waals surface area contributed by atoms with Crippen molar-refractivity contribution in [3.8, 4) is 5.75 Å². The number of hydrogen-bond donors (Lipinski definition) is 1. The average molecular weight is 479 g/mol. The largest absolute Gasteiger partial charge is 0.483 e. The molecule has 0 atom stereocenters. The third-order valence-corrected chi connectivity index (χ3v) is 4.78. The smallest absolute Gasteiger partial charge is 0.258 e. The highest BCUT2D eigenvalue weighted by Gasteiger charge is 2.06. The molecule has 0 aliphatic rings. The molecule has 0 fully saturated rings. The molecule has 0 aliphatic carbocycles. The van der Waals surface area contributed by atoms with Crippen LogP contribution >= 0.6 is 31.9 Å². The van der Waals surface area contributed by atoms with Crippen LogP contribution in [0, 0.1) is 0 Å². The van der Waals surface area contributed by atoms with Crippen LogP contribution in [0.5, 0.6) is 5.75 Å². The van der Waals surface area contributed by atoms with Crippen molar-refractivity contribution in [3.63, 3.8) is 0 Å². The molecule has 0 spiro atoms. The number of hydrogen-bond acceptors (Lipinski definition) is 3. The van der Waals surface area contributed by atoms with Crippen molar-refractivity contribution in [2.24, 2.45) is 0 Å². The van der Waals surface area contributed by atoms with Crippen molar-refractivity contribution in [1.82, 2.24) is 15.1 Å². The Bertz CT molecular complexity index is 865. The molecule has 3 rings (SSSR count). The Hall–Kier alpha value is -2.12. The van der Waals surface area contributed by atoms with Crippen molar-refractivity contribution >= 4 is 37.8 Å². The highest BCUT2D eigenvalue weighted by molar-refractivity contribution is 9.11. The van der Waals surface area contributed by atoms with E-state index in [-0.39, 0.29) is 12.5 Å². The van der Waals surface area contributed by atoms with Crippen LogP contribution < -0.4 is 10.1 Å². The van der Waals surface area contributed by atoms with E-state index in [1.807, 2.05) is 53.3 Å². The molecule has 0 saturated heterocycles. The third-order valence-electron chi connectivity index (χ3n) is 3.67. The van der Waals surface area contributed by atoms with Crippen molar-refractivity contribution in [3.05, 3.63) is 81.0 Å². The number of benzene rings is 2. The summed E-state index contributed by atoms with van der Waals surface area (Å²) in [6.45, 7) is 1.17. The van der Waals surface area contributed by atoms with E-state index in [1.165, 1.54) is 0 Å². The Balaban J connectivity index is 1.45. The normalized spacial score (nSPS) is 10.5. The predicted octanol–water partition coefficient (Wildman–Crippen LogP) is 4.15. The summed E-state index contributed by atoms with van der Waals surface area (Å²) in [6, 6.07) is 15.5. The van der Waals surface area contributed by atoms with Gasteiger partial charge in [0, 0.05) is 23.4 Å². The molecule has 5 nitrogen and oxygen atoms in total. The third kappa shape index (κ3) is 5.44. The summed E-state index contributed by atoms with van der Waals surface area (Å²) in [5.41, 5.74) is 2.19. The fourth-order valence-electron chi connectivity index (χ4n) is 2.33. The first-order valence-corrected chi connectivity index (χ1v) is 9.58. The van der Waals surface area contributed by atoms with Crippen molar-refractivity contribution in [1.29, 1.82) is 0 Å². The molecule has 1 aromatic heterocycles. The van der Waals surface area contributed by atoms with E-state index in [4.69, 9.17) is 4.74 Å². The van der Waals surface area contributed by atoms with E-state index < -0.39 is 0 Å². The summed E-state index contributed by atoms with van der Waals surface area (Å²) in [5, 5.41) is 7.05. The number of nitrogens with zero attached hydrogens (tertiary/aromatic N) is 2. The molecule has 0 radical (unpaired) electrons. The van der Waals surface area contributed by atoms with Gasteiger partial charge < -0.3 is 10.1 Å². The number of rotatable bonds is 7. The van der Waals surface area contributed by atoms with Gasteiger partial charge in [0.05, 0.1) is 11.0 Å². The number of carbonyl (C=O) groups excluding carboxylic acids is 1. The maximum atomic E-state index is 12.0. The van der Waals surface area contributed by atoms with Crippen LogP contribution in [0.15, 0.2) is 69.9 Å². The fourth-order valence-corrected chi connectivity index (χ4v) is 3.49. The summed E-state index contributed by atoms with van der Waals surface area (Å²) in [5.74, 6) is 0.465. The number of aromatic nitrogens is 2. The van der Waals surface area contributed by atoms with Gasteiger partial charge in [0.2, 0.25) is 0 Å². The number of carbonyl (C=O) groups is 1. The Morgan fingerprint density at radius 2 is 1.88 bits per heavy atom. The van der Waals surface area contributed by atoms with Gasteiger partial charge in [-0.2, -0.15) is 5.10 Å². The first kappa shape index (κ1) is 18.7. The zero-order valence-electron chi connectivity index (χ0n) is 13.9. The summed E-state index contributed by atoms with van der Waals surface area (Å²) in [6.07, 6.45) is 3.69. The van der Waals surface area contributed by atoms with Crippen LogP contribution in [0.3, 0.4) is 0 Å². The van der Waals surface area contributed by atoms with Crippen LogP contribution in [-0.4, -0.2) is 22.3 Å². The van der Waals surface area contributed by atoms with E-state index in [1.54, 1.807) is 12.3 Å². The molecule has 0 aliphatic heterocycles. The van der Waals surface area contributed by atoms with Gasteiger partial charge in [-0.1, -0.05) is 40.2 Å². The van der Waals surface area contributed by atoms with Gasteiger partial charge >= 0.3 is 0 Å². The van der Waals surface area contributed by atoms with Gasteiger partial charge in [-0.05, 0) is 51.3 Å². The molecule has 3 aromatic rings. The molecule has 0 bridgehead atoms. The minimum atomic E-state index is -0.166. The highest BCUT2D eigenvalue weighted by Crippen LogP contribution is 2.28. The first-order chi connectivity index (χ1) is 12.6. The van der Waals surface area contributed by atoms with Crippen molar-refractivity contribution in [2.75, 3.05) is 6.61 Å². The Labute approximate surface area is 168 Å². The van der Waals surface area contributed by atoms with Crippen LogP contribution in [0.1, 0.15) is 11.1 Å². The molecule has 0 saturated carbocycles. The number of ether oxygens (including phenoxy) is 1. The Morgan fingerprint density at radius 3 is 2.58 bits per heavy atom. The van der Waals surface area contributed by atoms with E-state index in [9.17, 15) is 4.79 Å². The maximum Gasteiger partial charge on any atom is 0.258 e. The average Bonchev–Trinajstić information content (AvgIpc) is 3.13. The van der Waals surface area contributed by atoms with Gasteiger partial charge in [-0.3, -0.25) is 9.48 Å². The first-order valence-electron chi connectivity index (χ1n) is 8.00. The molecule has 0 unspecified atom stereocenters. The molecule has 7 heteroatoms. The number of nitrogens with one attached hydrogen (secondary N) is 1. The fraction of sp³-hybridized carbons (Fsp3) is 0.158. The zero-order valence-corrected chi connectivity index (χ0v) is 17.0. The molecule has 134 valence electrons. The lowest BCUT2D eigenvalue weighted by molar-refractivity contribution is -0.123. The van der Waals surface area contributed by atoms with Crippen molar-refractivity contribution in [2.45, 2.75) is 13.1 Å². The van der Waals surface area contributed by atoms with Gasteiger partial charge in [0.1, 0.15) is 5.75 Å². The topological polar surface area (TPSA) is 56.1 Å². The molecule has 1 N–H and O–H groups in total. The summed E-state index contributed by atoms with van der Waals surface area (Å²) in [4.78, 5) is 12.0. The van der Waals surface area contributed by atoms with Gasteiger partial charge in [-0.15, -0.1) is 0 Å². The quantitative estimate of drug-likeness (QED) is 0.554. The molecule has 1 heterocycles. The van der Waals surface area contributed by atoms with E-state index in [0.29, 0.717) is 12.3 Å². The van der Waals surface area contributed by atoms with Crippen molar-refractivity contribution < 1.29 is 9.53 Å². The molecule has 26 heavy (non-hydrogen) atoms. The summed E-state index contributed by atoms with van der Waals surface area (Å²) < 4.78 is 9.14. The lowest BCUT2D eigenvalue weighted by Crippen LogP contribution is -2.28. The van der Waals surface area contributed by atoms with Gasteiger partial charge in [0.15, 0.2) is 6.61 Å². The van der Waals surface area contributed by atoms with Gasteiger partial charge in [0.25, 0.3) is 5.91 Å². The van der Waals surface area contributed by atoms with E-state index in [0.717, 1.165) is 26.6 Å². The minimum absolute atomic E-state index is 0.0301. The van der Waals surface area contributed by atoms with Crippen LogP contribution in [0.4, 0.5) is 0 Å². The second kappa shape index (κ2) is 9.00. The Kier molecular flexibility index (Phi) is 6.46. The predicted molar refractivity (Wildman–Crippen MR) is 107 cm³/mol. The standard InChI is InChI=1S/C19H17Br2N3O2/c20-16-6-7-18(17(21)10-16)26-13-19(25)22-11-14-2-4-15(5-3-14)12-24-9-1-8-23-24/h1-10H,11-13H2,(H,22,25). The number of halogens is 2. The second-order valence-electron chi connectivity index (χ2n) is 5.66. The molecule has 1 amide bonds. The lowest BCUT2D eigenvalue weighted by atomic mass is 10.1. The van der Waals surface area contributed by atoms with Gasteiger partial charge in [-0.25, -0.2) is 0 Å². The SMILES string of the molecule is O=C(COc1ccc(Br)cc1Br)NCc1ccc(Cn2cccn2)cc1. The van der Waals surface area contributed by atoms with E-state index >= 15 is 0 Å². The highest BCUT2D eigenvalue weighted by atomic mass is 79.9. The van der Waals surface area contributed by atoms with E-state index in [2.05, 4.69) is 42.3 Å². The summed E-state index contributed by atoms with van der Waals surface area (Å²) in [7, 11) is 0. The minimum Gasteiger partial charge on any atom is -0.483 e. The maximum absolute atomic E-state index is 12.0.